The van der Waals surface area contributed by atoms with Gasteiger partial charge in [0, 0.05) is 20.2 Å². The smallest absolute Gasteiger partial charge is 0.261 e. The molecule has 0 spiro atoms. The standard InChI is InChI=1S/C22H28N2O5/c1-17(22(26)23-13-14-27-2)24(15-18-9-11-19(28-3)12-10-18)21(25)16-29-20-7-5-4-6-8-20/h4-12,17H,13-16H2,1-3H3,(H,23,26). The van der Waals surface area contributed by atoms with E-state index in [0.29, 0.717) is 18.9 Å². The van der Waals surface area contributed by atoms with Crippen molar-refractivity contribution < 1.29 is 23.8 Å². The fourth-order valence-corrected chi connectivity index (χ4v) is 2.68. The predicted octanol–water partition coefficient (Wildman–Crippen LogP) is 2.25. The van der Waals surface area contributed by atoms with Crippen LogP contribution >= 0.6 is 0 Å². The SMILES string of the molecule is COCCNC(=O)C(C)N(Cc1ccc(OC)cc1)C(=O)COc1ccccc1. The van der Waals surface area contributed by atoms with Crippen molar-refractivity contribution in [1.82, 2.24) is 10.2 Å². The van der Waals surface area contributed by atoms with E-state index in [1.165, 1.54) is 4.90 Å². The van der Waals surface area contributed by atoms with Crippen LogP contribution in [0.3, 0.4) is 0 Å². The van der Waals surface area contributed by atoms with Gasteiger partial charge in [0.25, 0.3) is 5.91 Å². The zero-order valence-corrected chi connectivity index (χ0v) is 17.1. The maximum Gasteiger partial charge on any atom is 0.261 e. The van der Waals surface area contributed by atoms with E-state index in [9.17, 15) is 9.59 Å². The van der Waals surface area contributed by atoms with Crippen molar-refractivity contribution in [2.45, 2.75) is 19.5 Å². The molecule has 29 heavy (non-hydrogen) atoms. The fraction of sp³-hybridized carbons (Fsp3) is 0.364. The van der Waals surface area contributed by atoms with Crippen molar-refractivity contribution in [2.24, 2.45) is 0 Å². The lowest BCUT2D eigenvalue weighted by molar-refractivity contribution is -0.142. The summed E-state index contributed by atoms with van der Waals surface area (Å²) >= 11 is 0. The molecule has 0 fully saturated rings. The van der Waals surface area contributed by atoms with Gasteiger partial charge in [-0.15, -0.1) is 0 Å². The van der Waals surface area contributed by atoms with Gasteiger partial charge in [-0.05, 0) is 36.8 Å². The molecule has 0 aliphatic rings. The maximum absolute atomic E-state index is 12.9. The van der Waals surface area contributed by atoms with Gasteiger partial charge in [-0.2, -0.15) is 0 Å². The topological polar surface area (TPSA) is 77.1 Å². The molecular formula is C22H28N2O5. The van der Waals surface area contributed by atoms with Crippen LogP contribution in [0.15, 0.2) is 54.6 Å². The summed E-state index contributed by atoms with van der Waals surface area (Å²) in [5, 5.41) is 2.78. The normalized spacial score (nSPS) is 11.4. The molecule has 1 unspecified atom stereocenters. The quantitative estimate of drug-likeness (QED) is 0.586. The first-order valence-electron chi connectivity index (χ1n) is 9.42. The molecule has 0 aliphatic carbocycles. The third-order valence-electron chi connectivity index (χ3n) is 4.39. The van der Waals surface area contributed by atoms with Crippen molar-refractivity contribution in [3.05, 3.63) is 60.2 Å². The largest absolute Gasteiger partial charge is 0.497 e. The molecule has 0 bridgehead atoms. The molecular weight excluding hydrogens is 372 g/mol. The van der Waals surface area contributed by atoms with Crippen LogP contribution in [0.25, 0.3) is 0 Å². The lowest BCUT2D eigenvalue weighted by Gasteiger charge is -2.28. The summed E-state index contributed by atoms with van der Waals surface area (Å²) in [5.74, 6) is 0.800. The Kier molecular flexibility index (Phi) is 8.98. The van der Waals surface area contributed by atoms with Crippen molar-refractivity contribution in [1.29, 1.82) is 0 Å². The van der Waals surface area contributed by atoms with Gasteiger partial charge in [0.2, 0.25) is 5.91 Å². The van der Waals surface area contributed by atoms with Gasteiger partial charge in [-0.25, -0.2) is 0 Å². The molecule has 0 aliphatic heterocycles. The Hall–Kier alpha value is -3.06. The Bertz CT molecular complexity index is 765. The molecule has 7 heteroatoms. The van der Waals surface area contributed by atoms with E-state index in [1.807, 2.05) is 42.5 Å². The molecule has 0 aromatic heterocycles. The highest BCUT2D eigenvalue weighted by Gasteiger charge is 2.26. The van der Waals surface area contributed by atoms with Crippen LogP contribution < -0.4 is 14.8 Å². The molecule has 0 saturated carbocycles. The van der Waals surface area contributed by atoms with Crippen molar-refractivity contribution in [2.75, 3.05) is 34.0 Å². The third-order valence-corrected chi connectivity index (χ3v) is 4.39. The Morgan fingerprint density at radius 2 is 1.69 bits per heavy atom. The average Bonchev–Trinajstić information content (AvgIpc) is 2.76. The van der Waals surface area contributed by atoms with E-state index in [-0.39, 0.29) is 25.0 Å². The Morgan fingerprint density at radius 1 is 1.00 bits per heavy atom. The molecule has 2 amide bonds. The number of carbonyl (C=O) groups excluding carboxylic acids is 2. The van der Waals surface area contributed by atoms with E-state index < -0.39 is 6.04 Å². The molecule has 7 nitrogen and oxygen atoms in total. The zero-order valence-electron chi connectivity index (χ0n) is 17.1. The van der Waals surface area contributed by atoms with Gasteiger partial charge < -0.3 is 24.4 Å². The summed E-state index contributed by atoms with van der Waals surface area (Å²) in [4.78, 5) is 26.9. The van der Waals surface area contributed by atoms with Crippen LogP contribution in [-0.4, -0.2) is 56.7 Å². The number of carbonyl (C=O) groups is 2. The number of hydrogen-bond donors (Lipinski definition) is 1. The summed E-state index contributed by atoms with van der Waals surface area (Å²) < 4.78 is 15.7. The van der Waals surface area contributed by atoms with Gasteiger partial charge in [0.15, 0.2) is 6.61 Å². The van der Waals surface area contributed by atoms with E-state index in [2.05, 4.69) is 5.32 Å². The lowest BCUT2D eigenvalue weighted by atomic mass is 10.1. The third kappa shape index (κ3) is 7.12. The van der Waals surface area contributed by atoms with Gasteiger partial charge in [-0.1, -0.05) is 30.3 Å². The number of hydrogen-bond acceptors (Lipinski definition) is 5. The van der Waals surface area contributed by atoms with E-state index in [1.54, 1.807) is 33.3 Å². The number of methoxy groups -OCH3 is 2. The number of benzene rings is 2. The van der Waals surface area contributed by atoms with E-state index >= 15 is 0 Å². The average molecular weight is 400 g/mol. The molecule has 2 aromatic carbocycles. The van der Waals surface area contributed by atoms with Gasteiger partial charge >= 0.3 is 0 Å². The summed E-state index contributed by atoms with van der Waals surface area (Å²) in [6.45, 7) is 2.61. The monoisotopic (exact) mass is 400 g/mol. The zero-order chi connectivity index (χ0) is 21.1. The number of nitrogens with one attached hydrogen (secondary N) is 1. The number of rotatable bonds is 11. The number of para-hydroxylation sites is 1. The molecule has 0 saturated heterocycles. The Balaban J connectivity index is 2.09. The minimum atomic E-state index is -0.666. The van der Waals surface area contributed by atoms with Crippen molar-refractivity contribution >= 4 is 11.8 Å². The van der Waals surface area contributed by atoms with Crippen molar-refractivity contribution in [3.8, 4) is 11.5 Å². The second kappa shape index (κ2) is 11.7. The Morgan fingerprint density at radius 3 is 2.31 bits per heavy atom. The molecule has 1 N–H and O–H groups in total. The van der Waals surface area contributed by atoms with Crippen LogP contribution in [0.2, 0.25) is 0 Å². The van der Waals surface area contributed by atoms with Crippen molar-refractivity contribution in [3.63, 3.8) is 0 Å². The highest BCUT2D eigenvalue weighted by Crippen LogP contribution is 2.16. The van der Waals surface area contributed by atoms with Crippen LogP contribution in [0.1, 0.15) is 12.5 Å². The number of amides is 2. The highest BCUT2D eigenvalue weighted by atomic mass is 16.5. The van der Waals surface area contributed by atoms with E-state index in [4.69, 9.17) is 14.2 Å². The molecule has 0 heterocycles. The number of nitrogens with zero attached hydrogens (tertiary/aromatic N) is 1. The predicted molar refractivity (Wildman–Crippen MR) is 110 cm³/mol. The number of ether oxygens (including phenoxy) is 3. The summed E-state index contributed by atoms with van der Waals surface area (Å²) in [5.41, 5.74) is 0.885. The highest BCUT2D eigenvalue weighted by molar-refractivity contribution is 5.87. The minimum absolute atomic E-state index is 0.157. The first kappa shape index (κ1) is 22.2. The molecule has 156 valence electrons. The van der Waals surface area contributed by atoms with Crippen LogP contribution in [-0.2, 0) is 20.9 Å². The van der Waals surface area contributed by atoms with E-state index in [0.717, 1.165) is 11.3 Å². The Labute approximate surface area is 171 Å². The second-order valence-electron chi connectivity index (χ2n) is 6.43. The summed E-state index contributed by atoms with van der Waals surface area (Å²) in [6.07, 6.45) is 0. The van der Waals surface area contributed by atoms with Crippen LogP contribution in [0.5, 0.6) is 11.5 Å². The first-order valence-corrected chi connectivity index (χ1v) is 9.42. The molecule has 0 radical (unpaired) electrons. The van der Waals surface area contributed by atoms with Gasteiger partial charge in [0.05, 0.1) is 13.7 Å². The molecule has 2 aromatic rings. The van der Waals surface area contributed by atoms with Gasteiger partial charge in [0.1, 0.15) is 17.5 Å². The fourth-order valence-electron chi connectivity index (χ4n) is 2.68. The van der Waals surface area contributed by atoms with Gasteiger partial charge in [-0.3, -0.25) is 9.59 Å². The van der Waals surface area contributed by atoms with Crippen LogP contribution in [0, 0.1) is 0 Å². The second-order valence-corrected chi connectivity index (χ2v) is 6.43. The van der Waals surface area contributed by atoms with Crippen LogP contribution in [0.4, 0.5) is 0 Å². The lowest BCUT2D eigenvalue weighted by Crippen LogP contribution is -2.49. The molecule has 1 atom stereocenters. The minimum Gasteiger partial charge on any atom is -0.497 e. The first-order chi connectivity index (χ1) is 14.0. The molecule has 2 rings (SSSR count). The maximum atomic E-state index is 12.9. The summed E-state index contributed by atoms with van der Waals surface area (Å²) in [7, 11) is 3.16. The summed E-state index contributed by atoms with van der Waals surface area (Å²) in [6, 6.07) is 15.8.